The van der Waals surface area contributed by atoms with E-state index in [1.54, 1.807) is 13.2 Å². The van der Waals surface area contributed by atoms with Crippen LogP contribution in [-0.2, 0) is 4.74 Å². The summed E-state index contributed by atoms with van der Waals surface area (Å²) in [4.78, 5) is 7.51. The van der Waals surface area contributed by atoms with E-state index in [-0.39, 0.29) is 6.10 Å². The Balaban J connectivity index is 2.46. The molecule has 0 aliphatic heterocycles. The third-order valence-electron chi connectivity index (χ3n) is 2.27. The summed E-state index contributed by atoms with van der Waals surface area (Å²) < 4.78 is 5.19. The van der Waals surface area contributed by atoms with Crippen LogP contribution in [0.15, 0.2) is 18.2 Å². The molecule has 80 valence electrons. The highest BCUT2D eigenvalue weighted by atomic mass is 35.5. The number of aromatic nitrogens is 2. The van der Waals surface area contributed by atoms with Gasteiger partial charge < -0.3 is 15.5 Å². The standard InChI is InChI=1S/C10H12ClN3O/c1-15-9(5-12)10-13-7-3-2-6(11)4-8(7)14-10/h2-4,9H,5,12H2,1H3,(H,13,14). The average molecular weight is 226 g/mol. The van der Waals surface area contributed by atoms with Crippen molar-refractivity contribution in [3.63, 3.8) is 0 Å². The molecule has 5 heteroatoms. The highest BCUT2D eigenvalue weighted by Crippen LogP contribution is 2.20. The number of fused-ring (bicyclic) bond motifs is 1. The van der Waals surface area contributed by atoms with Crippen LogP contribution in [0.5, 0.6) is 0 Å². The minimum absolute atomic E-state index is 0.198. The van der Waals surface area contributed by atoms with Crippen molar-refractivity contribution in [2.75, 3.05) is 13.7 Å². The van der Waals surface area contributed by atoms with E-state index in [0.717, 1.165) is 16.9 Å². The number of imidazole rings is 1. The quantitative estimate of drug-likeness (QED) is 0.838. The first-order valence-electron chi connectivity index (χ1n) is 4.62. The van der Waals surface area contributed by atoms with Crippen molar-refractivity contribution in [2.45, 2.75) is 6.10 Å². The van der Waals surface area contributed by atoms with Crippen molar-refractivity contribution in [1.82, 2.24) is 9.97 Å². The lowest BCUT2D eigenvalue weighted by Gasteiger charge is -2.08. The van der Waals surface area contributed by atoms with Gasteiger partial charge in [0.15, 0.2) is 0 Å². The molecule has 4 nitrogen and oxygen atoms in total. The molecule has 2 rings (SSSR count). The van der Waals surface area contributed by atoms with Crippen LogP contribution in [0.3, 0.4) is 0 Å². The number of hydrogen-bond acceptors (Lipinski definition) is 3. The fourth-order valence-corrected chi connectivity index (χ4v) is 1.65. The zero-order valence-electron chi connectivity index (χ0n) is 8.33. The van der Waals surface area contributed by atoms with E-state index >= 15 is 0 Å². The van der Waals surface area contributed by atoms with E-state index in [4.69, 9.17) is 22.1 Å². The molecule has 1 heterocycles. The number of H-pyrrole nitrogens is 1. The fraction of sp³-hybridized carbons (Fsp3) is 0.300. The molecule has 0 aliphatic rings. The largest absolute Gasteiger partial charge is 0.372 e. The smallest absolute Gasteiger partial charge is 0.137 e. The fourth-order valence-electron chi connectivity index (χ4n) is 1.47. The molecule has 0 saturated carbocycles. The number of rotatable bonds is 3. The predicted octanol–water partition coefficient (Wildman–Crippen LogP) is 1.86. The molecule has 0 radical (unpaired) electrons. The molecule has 1 unspecified atom stereocenters. The second-order valence-electron chi connectivity index (χ2n) is 3.24. The van der Waals surface area contributed by atoms with E-state index in [0.29, 0.717) is 11.6 Å². The van der Waals surface area contributed by atoms with E-state index < -0.39 is 0 Å². The number of hydrogen-bond donors (Lipinski definition) is 2. The number of methoxy groups -OCH3 is 1. The Morgan fingerprint density at radius 3 is 3.07 bits per heavy atom. The molecule has 15 heavy (non-hydrogen) atoms. The number of aromatic amines is 1. The molecular formula is C10H12ClN3O. The number of nitrogens with two attached hydrogens (primary N) is 1. The van der Waals surface area contributed by atoms with Crippen molar-refractivity contribution < 1.29 is 4.74 Å². The summed E-state index contributed by atoms with van der Waals surface area (Å²) in [5.41, 5.74) is 7.32. The molecule has 0 spiro atoms. The van der Waals surface area contributed by atoms with Crippen LogP contribution in [0.25, 0.3) is 11.0 Å². The normalized spacial score (nSPS) is 13.3. The highest BCUT2D eigenvalue weighted by molar-refractivity contribution is 6.31. The summed E-state index contributed by atoms with van der Waals surface area (Å²) in [5.74, 6) is 0.734. The zero-order valence-corrected chi connectivity index (χ0v) is 9.08. The van der Waals surface area contributed by atoms with Gasteiger partial charge in [-0.1, -0.05) is 11.6 Å². The Bertz CT molecular complexity index is 465. The van der Waals surface area contributed by atoms with Gasteiger partial charge in [0, 0.05) is 18.7 Å². The molecule has 2 aromatic rings. The van der Waals surface area contributed by atoms with Gasteiger partial charge in [0.25, 0.3) is 0 Å². The van der Waals surface area contributed by atoms with Crippen LogP contribution >= 0.6 is 11.6 Å². The van der Waals surface area contributed by atoms with Crippen LogP contribution in [0.1, 0.15) is 11.9 Å². The second-order valence-corrected chi connectivity index (χ2v) is 3.68. The van der Waals surface area contributed by atoms with Gasteiger partial charge in [-0.2, -0.15) is 0 Å². The highest BCUT2D eigenvalue weighted by Gasteiger charge is 2.12. The molecule has 1 atom stereocenters. The monoisotopic (exact) mass is 225 g/mol. The van der Waals surface area contributed by atoms with E-state index in [1.165, 1.54) is 0 Å². The molecule has 1 aromatic heterocycles. The number of ether oxygens (including phenoxy) is 1. The van der Waals surface area contributed by atoms with E-state index in [2.05, 4.69) is 9.97 Å². The van der Waals surface area contributed by atoms with Gasteiger partial charge >= 0.3 is 0 Å². The predicted molar refractivity (Wildman–Crippen MR) is 59.9 cm³/mol. The van der Waals surface area contributed by atoms with E-state index in [9.17, 15) is 0 Å². The number of benzene rings is 1. The van der Waals surface area contributed by atoms with Crippen molar-refractivity contribution in [1.29, 1.82) is 0 Å². The van der Waals surface area contributed by atoms with Crippen LogP contribution in [-0.4, -0.2) is 23.6 Å². The third-order valence-corrected chi connectivity index (χ3v) is 2.50. The average Bonchev–Trinajstić information content (AvgIpc) is 2.62. The summed E-state index contributed by atoms with van der Waals surface area (Å²) in [6, 6.07) is 5.50. The minimum Gasteiger partial charge on any atom is -0.372 e. The summed E-state index contributed by atoms with van der Waals surface area (Å²) in [7, 11) is 1.61. The molecule has 0 fully saturated rings. The molecular weight excluding hydrogens is 214 g/mol. The van der Waals surface area contributed by atoms with Crippen molar-refractivity contribution >= 4 is 22.6 Å². The van der Waals surface area contributed by atoms with Crippen molar-refractivity contribution in [2.24, 2.45) is 5.73 Å². The van der Waals surface area contributed by atoms with Gasteiger partial charge in [0.05, 0.1) is 11.0 Å². The molecule has 0 saturated heterocycles. The summed E-state index contributed by atoms with van der Waals surface area (Å²) in [6.45, 7) is 0.393. The van der Waals surface area contributed by atoms with Crippen molar-refractivity contribution in [3.8, 4) is 0 Å². The van der Waals surface area contributed by atoms with Gasteiger partial charge in [0.1, 0.15) is 11.9 Å². The van der Waals surface area contributed by atoms with Crippen molar-refractivity contribution in [3.05, 3.63) is 29.0 Å². The number of nitrogens with zero attached hydrogens (tertiary/aromatic N) is 1. The van der Waals surface area contributed by atoms with Gasteiger partial charge in [0.2, 0.25) is 0 Å². The third kappa shape index (κ3) is 1.97. The Morgan fingerprint density at radius 1 is 1.60 bits per heavy atom. The van der Waals surface area contributed by atoms with Gasteiger partial charge in [-0.15, -0.1) is 0 Å². The summed E-state index contributed by atoms with van der Waals surface area (Å²) in [5, 5.41) is 0.680. The zero-order chi connectivity index (χ0) is 10.8. The van der Waals surface area contributed by atoms with Gasteiger partial charge in [-0.3, -0.25) is 0 Å². The van der Waals surface area contributed by atoms with Crippen LogP contribution < -0.4 is 5.73 Å². The SMILES string of the molecule is COC(CN)c1nc2ccc(Cl)cc2[nH]1. The number of halogens is 1. The summed E-state index contributed by atoms with van der Waals surface area (Å²) in [6.07, 6.45) is -0.198. The van der Waals surface area contributed by atoms with Crippen LogP contribution in [0.2, 0.25) is 5.02 Å². The molecule has 1 aromatic carbocycles. The number of nitrogens with one attached hydrogen (secondary N) is 1. The Kier molecular flexibility index (Phi) is 2.90. The first-order valence-corrected chi connectivity index (χ1v) is 5.00. The maximum atomic E-state index is 5.87. The maximum Gasteiger partial charge on any atom is 0.137 e. The van der Waals surface area contributed by atoms with Crippen LogP contribution in [0, 0.1) is 0 Å². The lowest BCUT2D eigenvalue weighted by atomic mass is 10.3. The first kappa shape index (κ1) is 10.4. The van der Waals surface area contributed by atoms with Gasteiger partial charge in [-0.25, -0.2) is 4.98 Å². The molecule has 0 amide bonds. The second kappa shape index (κ2) is 4.18. The minimum atomic E-state index is -0.198. The van der Waals surface area contributed by atoms with Crippen LogP contribution in [0.4, 0.5) is 0 Å². The topological polar surface area (TPSA) is 63.9 Å². The van der Waals surface area contributed by atoms with E-state index in [1.807, 2.05) is 12.1 Å². The maximum absolute atomic E-state index is 5.87. The van der Waals surface area contributed by atoms with Gasteiger partial charge in [-0.05, 0) is 18.2 Å². The molecule has 0 bridgehead atoms. The molecule has 0 aliphatic carbocycles. The lowest BCUT2D eigenvalue weighted by molar-refractivity contribution is 0.104. The Morgan fingerprint density at radius 2 is 2.40 bits per heavy atom. The Hall–Kier alpha value is -1.10. The lowest BCUT2D eigenvalue weighted by Crippen LogP contribution is -2.15. The summed E-state index contributed by atoms with van der Waals surface area (Å²) >= 11 is 5.87. The Labute approximate surface area is 92.4 Å². The first-order chi connectivity index (χ1) is 7.24. The molecule has 3 N–H and O–H groups in total.